The fourth-order valence-electron chi connectivity index (χ4n) is 2.71. The van der Waals surface area contributed by atoms with Crippen molar-refractivity contribution in [1.82, 2.24) is 5.32 Å². The molecule has 0 aliphatic heterocycles. The van der Waals surface area contributed by atoms with Crippen molar-refractivity contribution in [1.29, 1.82) is 0 Å². The average Bonchev–Trinajstić information content (AvgIpc) is 3.04. The van der Waals surface area contributed by atoms with E-state index in [0.717, 1.165) is 23.3 Å². The highest BCUT2D eigenvalue weighted by Gasteiger charge is 2.53. The first-order valence-electron chi connectivity index (χ1n) is 6.04. The molecule has 0 spiro atoms. The molecule has 1 unspecified atom stereocenters. The van der Waals surface area contributed by atoms with E-state index in [1.54, 1.807) is 0 Å². The quantitative estimate of drug-likeness (QED) is 0.684. The van der Waals surface area contributed by atoms with Crippen molar-refractivity contribution in [3.63, 3.8) is 0 Å². The maximum absolute atomic E-state index is 3.77. The van der Waals surface area contributed by atoms with Crippen molar-refractivity contribution in [2.75, 3.05) is 6.54 Å². The van der Waals surface area contributed by atoms with Gasteiger partial charge in [-0.2, -0.15) is 0 Å². The maximum atomic E-state index is 3.77. The summed E-state index contributed by atoms with van der Waals surface area (Å²) in [5.74, 6) is 2.14. The molecule has 1 N–H and O–H groups in total. The number of nitrogens with one attached hydrogen (secondary N) is 1. The third-order valence-corrected chi connectivity index (χ3v) is 4.44. The van der Waals surface area contributed by atoms with Crippen LogP contribution in [0.25, 0.3) is 0 Å². The van der Waals surface area contributed by atoms with Gasteiger partial charge in [0.1, 0.15) is 0 Å². The predicted octanol–water partition coefficient (Wildman–Crippen LogP) is 2.56. The van der Waals surface area contributed by atoms with Crippen molar-refractivity contribution < 1.29 is 0 Å². The minimum Gasteiger partial charge on any atom is -0.313 e. The van der Waals surface area contributed by atoms with Crippen molar-refractivity contribution in [3.8, 4) is 0 Å². The minimum atomic E-state index is 0.795. The standard InChI is InChI=1S/C12H21N/c1-9(10-2-3-10)13-8-12(6-7-12)11-4-5-11/h9-11,13H,2-8H2,1H3. The van der Waals surface area contributed by atoms with Crippen LogP contribution in [0.1, 0.15) is 45.4 Å². The molecule has 0 bridgehead atoms. The summed E-state index contributed by atoms with van der Waals surface area (Å²) in [6.07, 6.45) is 9.04. The number of hydrogen-bond acceptors (Lipinski definition) is 1. The van der Waals surface area contributed by atoms with Gasteiger partial charge in [0.05, 0.1) is 0 Å². The fraction of sp³-hybridized carbons (Fsp3) is 1.00. The molecule has 1 atom stereocenters. The van der Waals surface area contributed by atoms with Crippen LogP contribution < -0.4 is 5.32 Å². The second kappa shape index (κ2) is 2.73. The van der Waals surface area contributed by atoms with Gasteiger partial charge in [-0.05, 0) is 62.7 Å². The normalized spacial score (nSPS) is 33.0. The Morgan fingerprint density at radius 2 is 1.92 bits per heavy atom. The molecule has 0 aromatic heterocycles. The Hall–Kier alpha value is -0.0400. The molecule has 0 saturated heterocycles. The number of hydrogen-bond donors (Lipinski definition) is 1. The van der Waals surface area contributed by atoms with E-state index in [1.807, 2.05) is 0 Å². The van der Waals surface area contributed by atoms with E-state index in [4.69, 9.17) is 0 Å². The highest BCUT2D eigenvalue weighted by atomic mass is 14.9. The molecule has 3 aliphatic carbocycles. The van der Waals surface area contributed by atoms with Crippen molar-refractivity contribution in [3.05, 3.63) is 0 Å². The van der Waals surface area contributed by atoms with Crippen molar-refractivity contribution >= 4 is 0 Å². The van der Waals surface area contributed by atoms with Crippen molar-refractivity contribution in [2.24, 2.45) is 17.3 Å². The number of rotatable bonds is 5. The van der Waals surface area contributed by atoms with Gasteiger partial charge in [-0.25, -0.2) is 0 Å². The SMILES string of the molecule is CC(NCC1(C2CC2)CC1)C1CC1. The molecule has 3 aliphatic rings. The molecule has 1 heteroatoms. The molecule has 74 valence electrons. The van der Waals surface area contributed by atoms with Crippen LogP contribution in [0.2, 0.25) is 0 Å². The summed E-state index contributed by atoms with van der Waals surface area (Å²) in [6.45, 7) is 3.70. The van der Waals surface area contributed by atoms with E-state index >= 15 is 0 Å². The third kappa shape index (κ3) is 1.63. The molecule has 0 aromatic rings. The Balaban J connectivity index is 1.46. The first-order valence-corrected chi connectivity index (χ1v) is 6.04. The highest BCUT2D eigenvalue weighted by molar-refractivity contribution is 5.05. The molecular weight excluding hydrogens is 158 g/mol. The Labute approximate surface area is 81.3 Å². The lowest BCUT2D eigenvalue weighted by Crippen LogP contribution is -2.34. The van der Waals surface area contributed by atoms with E-state index in [0.29, 0.717) is 0 Å². The predicted molar refractivity (Wildman–Crippen MR) is 54.6 cm³/mol. The summed E-state index contributed by atoms with van der Waals surface area (Å²) in [5.41, 5.74) is 0.795. The molecular formula is C12H21N. The molecule has 0 aromatic carbocycles. The molecule has 0 heterocycles. The second-order valence-electron chi connectivity index (χ2n) is 5.64. The minimum absolute atomic E-state index is 0.795. The van der Waals surface area contributed by atoms with Gasteiger partial charge in [0, 0.05) is 12.6 Å². The van der Waals surface area contributed by atoms with Crippen LogP contribution in [-0.2, 0) is 0 Å². The second-order valence-corrected chi connectivity index (χ2v) is 5.64. The van der Waals surface area contributed by atoms with Crippen molar-refractivity contribution in [2.45, 2.75) is 51.5 Å². The largest absolute Gasteiger partial charge is 0.313 e. The Morgan fingerprint density at radius 1 is 1.23 bits per heavy atom. The van der Waals surface area contributed by atoms with E-state index in [9.17, 15) is 0 Å². The first-order chi connectivity index (χ1) is 6.30. The first kappa shape index (κ1) is 8.28. The van der Waals surface area contributed by atoms with Crippen LogP contribution in [0.3, 0.4) is 0 Å². The Bertz CT molecular complexity index is 199. The van der Waals surface area contributed by atoms with Crippen LogP contribution in [0.5, 0.6) is 0 Å². The van der Waals surface area contributed by atoms with E-state index in [1.165, 1.54) is 45.1 Å². The molecule has 1 nitrogen and oxygen atoms in total. The van der Waals surface area contributed by atoms with Crippen LogP contribution in [0.4, 0.5) is 0 Å². The van der Waals surface area contributed by atoms with E-state index < -0.39 is 0 Å². The third-order valence-electron chi connectivity index (χ3n) is 4.44. The lowest BCUT2D eigenvalue weighted by molar-refractivity contribution is 0.365. The summed E-state index contributed by atoms with van der Waals surface area (Å²) in [5, 5.41) is 3.77. The highest BCUT2D eigenvalue weighted by Crippen LogP contribution is 2.60. The Kier molecular flexibility index (Phi) is 1.74. The summed E-state index contributed by atoms with van der Waals surface area (Å²) < 4.78 is 0. The molecule has 0 amide bonds. The van der Waals surface area contributed by atoms with Crippen LogP contribution >= 0.6 is 0 Å². The molecule has 3 fully saturated rings. The van der Waals surface area contributed by atoms with Crippen LogP contribution in [-0.4, -0.2) is 12.6 Å². The van der Waals surface area contributed by atoms with Gasteiger partial charge in [-0.15, -0.1) is 0 Å². The lowest BCUT2D eigenvalue weighted by atomic mass is 10.00. The molecule has 3 saturated carbocycles. The summed E-state index contributed by atoms with van der Waals surface area (Å²) in [4.78, 5) is 0. The van der Waals surface area contributed by atoms with Gasteiger partial charge < -0.3 is 5.32 Å². The monoisotopic (exact) mass is 179 g/mol. The summed E-state index contributed by atoms with van der Waals surface area (Å²) >= 11 is 0. The molecule has 0 radical (unpaired) electrons. The van der Waals surface area contributed by atoms with E-state index in [-0.39, 0.29) is 0 Å². The maximum Gasteiger partial charge on any atom is 0.00672 e. The van der Waals surface area contributed by atoms with E-state index in [2.05, 4.69) is 12.2 Å². The van der Waals surface area contributed by atoms with Gasteiger partial charge in [0.15, 0.2) is 0 Å². The zero-order valence-corrected chi connectivity index (χ0v) is 8.68. The zero-order chi connectivity index (χ0) is 8.89. The Morgan fingerprint density at radius 3 is 2.38 bits per heavy atom. The summed E-state index contributed by atoms with van der Waals surface area (Å²) in [6, 6.07) is 0.802. The van der Waals surface area contributed by atoms with Crippen LogP contribution in [0, 0.1) is 17.3 Å². The summed E-state index contributed by atoms with van der Waals surface area (Å²) in [7, 11) is 0. The zero-order valence-electron chi connectivity index (χ0n) is 8.68. The topological polar surface area (TPSA) is 12.0 Å². The molecule has 3 rings (SSSR count). The van der Waals surface area contributed by atoms with Gasteiger partial charge in [0.25, 0.3) is 0 Å². The van der Waals surface area contributed by atoms with Gasteiger partial charge >= 0.3 is 0 Å². The lowest BCUT2D eigenvalue weighted by Gasteiger charge is -2.19. The smallest absolute Gasteiger partial charge is 0.00672 e. The average molecular weight is 179 g/mol. The van der Waals surface area contributed by atoms with Gasteiger partial charge in [-0.3, -0.25) is 0 Å². The molecule has 13 heavy (non-hydrogen) atoms. The van der Waals surface area contributed by atoms with Gasteiger partial charge in [0.2, 0.25) is 0 Å². The fourth-order valence-corrected chi connectivity index (χ4v) is 2.71. The van der Waals surface area contributed by atoms with Gasteiger partial charge in [-0.1, -0.05) is 0 Å². The van der Waals surface area contributed by atoms with Crippen LogP contribution in [0.15, 0.2) is 0 Å².